The van der Waals surface area contributed by atoms with Crippen LogP contribution in [0.25, 0.3) is 0 Å². The van der Waals surface area contributed by atoms with Crippen LogP contribution in [0.1, 0.15) is 31.7 Å². The fourth-order valence-electron chi connectivity index (χ4n) is 1.96. The topological polar surface area (TPSA) is 12.0 Å². The number of halogens is 2. The second-order valence-electron chi connectivity index (χ2n) is 4.19. The standard InChI is InChI=1S/C13H19ClFN/c1-4-9(2)10(8-16-3)13-11(14)6-5-7-12(13)15/h5-7,9-10,16H,4,8H2,1-3H3. The lowest BCUT2D eigenvalue weighted by Crippen LogP contribution is -2.23. The number of benzene rings is 1. The smallest absolute Gasteiger partial charge is 0.128 e. The molecule has 0 saturated carbocycles. The first kappa shape index (κ1) is 13.5. The van der Waals surface area contributed by atoms with E-state index in [1.54, 1.807) is 12.1 Å². The Morgan fingerprint density at radius 1 is 1.44 bits per heavy atom. The molecule has 0 aliphatic rings. The molecule has 0 bridgehead atoms. The van der Waals surface area contributed by atoms with Crippen molar-refractivity contribution in [3.05, 3.63) is 34.6 Å². The van der Waals surface area contributed by atoms with Crippen molar-refractivity contribution in [3.63, 3.8) is 0 Å². The van der Waals surface area contributed by atoms with E-state index in [1.165, 1.54) is 6.07 Å². The van der Waals surface area contributed by atoms with Gasteiger partial charge in [0, 0.05) is 23.0 Å². The highest BCUT2D eigenvalue weighted by molar-refractivity contribution is 6.31. The van der Waals surface area contributed by atoms with E-state index in [-0.39, 0.29) is 11.7 Å². The molecule has 0 radical (unpaired) electrons. The fraction of sp³-hybridized carbons (Fsp3) is 0.538. The summed E-state index contributed by atoms with van der Waals surface area (Å²) in [5.41, 5.74) is 0.646. The largest absolute Gasteiger partial charge is 0.319 e. The van der Waals surface area contributed by atoms with Crippen LogP contribution in [0.3, 0.4) is 0 Å². The van der Waals surface area contributed by atoms with Crippen LogP contribution < -0.4 is 5.32 Å². The van der Waals surface area contributed by atoms with Crippen LogP contribution in [0.4, 0.5) is 4.39 Å². The van der Waals surface area contributed by atoms with Crippen molar-refractivity contribution in [2.24, 2.45) is 5.92 Å². The minimum Gasteiger partial charge on any atom is -0.319 e. The van der Waals surface area contributed by atoms with Gasteiger partial charge in [-0.1, -0.05) is 37.9 Å². The van der Waals surface area contributed by atoms with Crippen molar-refractivity contribution in [2.45, 2.75) is 26.2 Å². The second kappa shape index (κ2) is 6.21. The SMILES string of the molecule is CCC(C)C(CNC)c1c(F)cccc1Cl. The van der Waals surface area contributed by atoms with E-state index in [4.69, 9.17) is 11.6 Å². The van der Waals surface area contributed by atoms with Crippen LogP contribution in [0.2, 0.25) is 5.02 Å². The van der Waals surface area contributed by atoms with Crippen molar-refractivity contribution in [2.75, 3.05) is 13.6 Å². The third kappa shape index (κ3) is 2.96. The van der Waals surface area contributed by atoms with Crippen molar-refractivity contribution < 1.29 is 4.39 Å². The molecule has 2 unspecified atom stereocenters. The van der Waals surface area contributed by atoms with E-state index in [0.29, 0.717) is 16.5 Å². The number of hydrogen-bond acceptors (Lipinski definition) is 1. The summed E-state index contributed by atoms with van der Waals surface area (Å²) in [5.74, 6) is 0.332. The van der Waals surface area contributed by atoms with Gasteiger partial charge < -0.3 is 5.32 Å². The van der Waals surface area contributed by atoms with Crippen LogP contribution in [0.15, 0.2) is 18.2 Å². The van der Waals surface area contributed by atoms with Gasteiger partial charge in [-0.05, 0) is 25.1 Å². The zero-order valence-electron chi connectivity index (χ0n) is 10.1. The van der Waals surface area contributed by atoms with Gasteiger partial charge in [0.05, 0.1) is 0 Å². The maximum atomic E-state index is 13.8. The first-order valence-corrected chi connectivity index (χ1v) is 6.08. The molecular weight excluding hydrogens is 225 g/mol. The van der Waals surface area contributed by atoms with Gasteiger partial charge in [0.15, 0.2) is 0 Å². The van der Waals surface area contributed by atoms with Crippen molar-refractivity contribution in [1.82, 2.24) is 5.32 Å². The molecule has 0 saturated heterocycles. The van der Waals surface area contributed by atoms with E-state index in [0.717, 1.165) is 13.0 Å². The maximum Gasteiger partial charge on any atom is 0.128 e. The Morgan fingerprint density at radius 3 is 2.62 bits per heavy atom. The van der Waals surface area contributed by atoms with Crippen LogP contribution in [-0.2, 0) is 0 Å². The Bertz CT molecular complexity index is 320. The third-order valence-corrected chi connectivity index (χ3v) is 3.45. The van der Waals surface area contributed by atoms with Crippen LogP contribution in [0, 0.1) is 11.7 Å². The minimum atomic E-state index is -0.201. The number of nitrogens with one attached hydrogen (secondary N) is 1. The highest BCUT2D eigenvalue weighted by atomic mass is 35.5. The average molecular weight is 244 g/mol. The summed E-state index contributed by atoms with van der Waals surface area (Å²) in [6, 6.07) is 4.88. The van der Waals surface area contributed by atoms with E-state index >= 15 is 0 Å². The number of hydrogen-bond donors (Lipinski definition) is 1. The molecule has 1 nitrogen and oxygen atoms in total. The molecule has 1 aromatic rings. The molecule has 0 amide bonds. The van der Waals surface area contributed by atoms with E-state index in [9.17, 15) is 4.39 Å². The molecule has 1 N–H and O–H groups in total. The Balaban J connectivity index is 3.09. The monoisotopic (exact) mass is 243 g/mol. The van der Waals surface area contributed by atoms with Gasteiger partial charge in [0.1, 0.15) is 5.82 Å². The maximum absolute atomic E-state index is 13.8. The van der Waals surface area contributed by atoms with Gasteiger partial charge in [-0.2, -0.15) is 0 Å². The molecule has 0 aliphatic carbocycles. The summed E-state index contributed by atoms with van der Waals surface area (Å²) < 4.78 is 13.8. The normalized spacial score (nSPS) is 14.8. The predicted octanol–water partition coefficient (Wildman–Crippen LogP) is 3.83. The van der Waals surface area contributed by atoms with E-state index in [1.807, 2.05) is 7.05 Å². The molecule has 2 atom stereocenters. The number of rotatable bonds is 5. The molecule has 0 fully saturated rings. The van der Waals surface area contributed by atoms with Gasteiger partial charge >= 0.3 is 0 Å². The quantitative estimate of drug-likeness (QED) is 0.829. The van der Waals surface area contributed by atoms with Gasteiger partial charge in [-0.15, -0.1) is 0 Å². The summed E-state index contributed by atoms with van der Waals surface area (Å²) in [7, 11) is 1.88. The molecule has 90 valence electrons. The summed E-state index contributed by atoms with van der Waals surface area (Å²) in [6.45, 7) is 4.99. The van der Waals surface area contributed by atoms with Crippen LogP contribution in [0.5, 0.6) is 0 Å². The van der Waals surface area contributed by atoms with Crippen molar-refractivity contribution in [3.8, 4) is 0 Å². The van der Waals surface area contributed by atoms with Crippen LogP contribution >= 0.6 is 11.6 Å². The highest BCUT2D eigenvalue weighted by Crippen LogP contribution is 2.33. The molecule has 0 aromatic heterocycles. The van der Waals surface area contributed by atoms with E-state index < -0.39 is 0 Å². The first-order valence-electron chi connectivity index (χ1n) is 5.70. The molecule has 3 heteroatoms. The Morgan fingerprint density at radius 2 is 2.12 bits per heavy atom. The van der Waals surface area contributed by atoms with Gasteiger partial charge in [0.25, 0.3) is 0 Å². The fourth-order valence-corrected chi connectivity index (χ4v) is 2.26. The minimum absolute atomic E-state index is 0.128. The zero-order chi connectivity index (χ0) is 12.1. The molecule has 0 spiro atoms. The van der Waals surface area contributed by atoms with E-state index in [2.05, 4.69) is 19.2 Å². The zero-order valence-corrected chi connectivity index (χ0v) is 10.8. The van der Waals surface area contributed by atoms with Crippen LogP contribution in [-0.4, -0.2) is 13.6 Å². The Labute approximate surface area is 102 Å². The van der Waals surface area contributed by atoms with Gasteiger partial charge in [-0.3, -0.25) is 0 Å². The highest BCUT2D eigenvalue weighted by Gasteiger charge is 2.22. The summed E-state index contributed by atoms with van der Waals surface area (Å²) in [6.07, 6.45) is 1.01. The van der Waals surface area contributed by atoms with Gasteiger partial charge in [-0.25, -0.2) is 4.39 Å². The summed E-state index contributed by atoms with van der Waals surface area (Å²) in [4.78, 5) is 0. The second-order valence-corrected chi connectivity index (χ2v) is 4.59. The molecular formula is C13H19ClFN. The molecule has 1 aromatic carbocycles. The lowest BCUT2D eigenvalue weighted by molar-refractivity contribution is 0.417. The molecule has 0 heterocycles. The Hall–Kier alpha value is -0.600. The lowest BCUT2D eigenvalue weighted by atomic mass is 9.85. The average Bonchev–Trinajstić information content (AvgIpc) is 2.26. The Kier molecular flexibility index (Phi) is 5.23. The molecule has 16 heavy (non-hydrogen) atoms. The predicted molar refractivity (Wildman–Crippen MR) is 67.5 cm³/mol. The summed E-state index contributed by atoms with van der Waals surface area (Å²) in [5, 5.41) is 3.64. The molecule has 1 rings (SSSR count). The van der Waals surface area contributed by atoms with Gasteiger partial charge in [0.2, 0.25) is 0 Å². The summed E-state index contributed by atoms with van der Waals surface area (Å²) >= 11 is 6.09. The number of likely N-dealkylation sites (N-methyl/N-ethyl adjacent to an activating group) is 1. The first-order chi connectivity index (χ1) is 7.61. The third-order valence-electron chi connectivity index (χ3n) is 3.13. The molecule has 0 aliphatic heterocycles. The van der Waals surface area contributed by atoms with Crippen molar-refractivity contribution >= 4 is 11.6 Å². The van der Waals surface area contributed by atoms with Crippen molar-refractivity contribution in [1.29, 1.82) is 0 Å². The lowest BCUT2D eigenvalue weighted by Gasteiger charge is -2.24.